The Kier molecular flexibility index (Phi) is 10.4. The van der Waals surface area contributed by atoms with Crippen LogP contribution in [-0.4, -0.2) is 133 Å². The molecule has 2 aliphatic heterocycles. The summed E-state index contributed by atoms with van der Waals surface area (Å²) in [4.78, 5) is 14.5. The minimum absolute atomic E-state index is 0. The van der Waals surface area contributed by atoms with E-state index < -0.39 is 101 Å². The van der Waals surface area contributed by atoms with E-state index in [1.165, 1.54) is 0 Å². The molecule has 2 bridgehead atoms. The average molecular weight is 842 g/mol. The van der Waals surface area contributed by atoms with Gasteiger partial charge in [-0.1, -0.05) is 27.4 Å². The maximum absolute atomic E-state index is 14.5. The molecule has 0 amide bonds. The molecule has 0 aromatic heterocycles. The van der Waals surface area contributed by atoms with Crippen molar-refractivity contribution in [3.05, 3.63) is 23.5 Å². The van der Waals surface area contributed by atoms with Gasteiger partial charge in [-0.25, -0.2) is 0 Å². The van der Waals surface area contributed by atoms with Crippen molar-refractivity contribution in [2.45, 2.75) is 114 Å². The topological polar surface area (TPSA) is 216 Å². The Labute approximate surface area is 292 Å². The molecule has 5 rings (SSSR count). The van der Waals surface area contributed by atoms with E-state index in [0.29, 0.717) is 5.57 Å². The van der Waals surface area contributed by atoms with Gasteiger partial charge in [0.05, 0.1) is 36.4 Å². The molecule has 0 aromatic carbocycles. The summed E-state index contributed by atoms with van der Waals surface area (Å²) < 4.78 is 22.9. The van der Waals surface area contributed by atoms with E-state index in [1.54, 1.807) is 34.6 Å². The second kappa shape index (κ2) is 12.4. The summed E-state index contributed by atoms with van der Waals surface area (Å²) in [6.07, 6.45) is -12.0. The van der Waals surface area contributed by atoms with Crippen molar-refractivity contribution < 1.29 is 109 Å². The maximum atomic E-state index is 14.5. The number of ketones is 1. The summed E-state index contributed by atoms with van der Waals surface area (Å²) in [6.45, 7) is 11.3. The second-order valence-corrected chi connectivity index (χ2v) is 13.9. The number of hydrogen-bond donors (Lipinski definition) is 8. The number of rotatable bonds is 6. The summed E-state index contributed by atoms with van der Waals surface area (Å²) in [5.74, 6) is -2.37. The number of carbonyl (C=O) groups is 1. The van der Waals surface area contributed by atoms with Crippen molar-refractivity contribution in [2.75, 3.05) is 19.8 Å². The minimum atomic E-state index is -1.71. The monoisotopic (exact) mass is 841 g/mol. The van der Waals surface area contributed by atoms with Crippen molar-refractivity contribution in [3.63, 3.8) is 0 Å². The Morgan fingerprint density at radius 2 is 1.70 bits per heavy atom. The van der Waals surface area contributed by atoms with Crippen LogP contribution in [0.25, 0.3) is 0 Å². The first kappa shape index (κ1) is 36.8. The Morgan fingerprint density at radius 3 is 2.27 bits per heavy atom. The van der Waals surface area contributed by atoms with Crippen LogP contribution in [0.15, 0.2) is 23.5 Å². The van der Waals surface area contributed by atoms with Gasteiger partial charge in [-0.2, -0.15) is 0 Å². The van der Waals surface area contributed by atoms with Crippen LogP contribution in [-0.2, 0) is 23.7 Å². The third kappa shape index (κ3) is 5.14. The van der Waals surface area contributed by atoms with Gasteiger partial charge >= 0.3 is 0 Å². The SMILES string of the molecule is C=C(COC1OC(CO)C(O)C(O)C1O)OC1CC2OC[C@@]2(O)C2[C@H](C)C3(O)CC(O)C(C)=C(C(O)C(=O)[C@]12C)C3(C)C.[Ac]. The van der Waals surface area contributed by atoms with Gasteiger partial charge in [0.15, 0.2) is 12.1 Å². The first-order chi connectivity index (χ1) is 19.9. The first-order valence-electron chi connectivity index (χ1n) is 14.8. The molecule has 11 unspecified atom stereocenters. The molecular weight excluding hydrogens is 795 g/mol. The van der Waals surface area contributed by atoms with Crippen LogP contribution in [0, 0.1) is 66.7 Å². The van der Waals surface area contributed by atoms with E-state index in [9.17, 15) is 45.6 Å². The van der Waals surface area contributed by atoms with Gasteiger partial charge in [-0.3, -0.25) is 4.79 Å². The molecule has 4 fully saturated rings. The Bertz CT molecular complexity index is 1180. The molecule has 1 radical (unpaired) electrons. The van der Waals surface area contributed by atoms with E-state index in [1.807, 2.05) is 0 Å². The number of carbonyl (C=O) groups excluding carboxylic acids is 1. The summed E-state index contributed by atoms with van der Waals surface area (Å²) in [7, 11) is 0. The smallest absolute Gasteiger partial charge is 0.187 e. The zero-order valence-corrected chi connectivity index (χ0v) is 30.5. The number of ether oxygens (including phenoxy) is 4. The van der Waals surface area contributed by atoms with Gasteiger partial charge in [-0.15, -0.1) is 0 Å². The fraction of sp³-hybridized carbons (Fsp3) is 0.833. The van der Waals surface area contributed by atoms with E-state index in [-0.39, 0.29) is 81.5 Å². The second-order valence-electron chi connectivity index (χ2n) is 13.9. The van der Waals surface area contributed by atoms with Crippen molar-refractivity contribution in [1.29, 1.82) is 0 Å². The molecule has 0 spiro atoms. The van der Waals surface area contributed by atoms with E-state index in [0.717, 1.165) is 0 Å². The molecule has 2 heterocycles. The molecule has 0 aromatic rings. The van der Waals surface area contributed by atoms with Crippen LogP contribution in [0.1, 0.15) is 47.5 Å². The Balaban J connectivity index is 0.00000442. The van der Waals surface area contributed by atoms with Crippen molar-refractivity contribution in [3.8, 4) is 0 Å². The predicted molar refractivity (Wildman–Crippen MR) is 147 cm³/mol. The molecular formula is C30H46AcO13. The molecule has 3 aliphatic carbocycles. The number of fused-ring (bicyclic) bond motifs is 5. The molecule has 5 aliphatic rings. The largest absolute Gasteiger partial charge is 0.492 e. The molecule has 14 heteroatoms. The van der Waals surface area contributed by atoms with Crippen LogP contribution in [0.5, 0.6) is 0 Å². The Hall–Kier alpha value is -0.0484. The standard InChI is InChI=1S/C30H46O13.Ac/c1-12(10-40-26-23(36)22(35)20(33)16(9-31)43-26)42-17-7-18-29(38,11-41-18)24-14(3)30(39)8-15(32)13(2)19(27(30,4)5)21(34)25(37)28(17,24)6;/h14-18,20-24,26,31-36,38-39H,1,7-11H2,2-6H3;/t14-,15?,16?,17?,18?,20?,21?,22?,23?,24?,26?,28+,29-,30?;/m0./s1. The van der Waals surface area contributed by atoms with Gasteiger partial charge in [-0.05, 0) is 30.9 Å². The quantitative estimate of drug-likeness (QED) is 0.111. The van der Waals surface area contributed by atoms with E-state index >= 15 is 0 Å². The van der Waals surface area contributed by atoms with Gasteiger partial charge < -0.3 is 59.8 Å². The van der Waals surface area contributed by atoms with Crippen LogP contribution < -0.4 is 0 Å². The van der Waals surface area contributed by atoms with E-state index in [2.05, 4.69) is 6.58 Å². The van der Waals surface area contributed by atoms with Gasteiger partial charge in [0.1, 0.15) is 54.6 Å². The van der Waals surface area contributed by atoms with Crippen LogP contribution >= 0.6 is 0 Å². The summed E-state index contributed by atoms with van der Waals surface area (Å²) in [5.41, 5.74) is -5.19. The van der Waals surface area contributed by atoms with Crippen LogP contribution in [0.3, 0.4) is 0 Å². The Morgan fingerprint density at radius 1 is 1.07 bits per heavy atom. The van der Waals surface area contributed by atoms with Crippen LogP contribution in [0.4, 0.5) is 0 Å². The molecule has 13 nitrogen and oxygen atoms in total. The number of hydrogen-bond acceptors (Lipinski definition) is 13. The van der Waals surface area contributed by atoms with Crippen molar-refractivity contribution >= 4 is 5.78 Å². The van der Waals surface area contributed by atoms with Gasteiger partial charge in [0.25, 0.3) is 0 Å². The first-order valence-corrected chi connectivity index (χ1v) is 14.8. The summed E-state index contributed by atoms with van der Waals surface area (Å²) in [6, 6.07) is 0. The average Bonchev–Trinajstić information content (AvgIpc) is 2.94. The number of aliphatic hydroxyl groups is 8. The molecule has 8 N–H and O–H groups in total. The van der Waals surface area contributed by atoms with Crippen molar-refractivity contribution in [1.82, 2.24) is 0 Å². The minimum Gasteiger partial charge on any atom is -0.492 e. The summed E-state index contributed by atoms with van der Waals surface area (Å²) >= 11 is 0. The number of aliphatic hydroxyl groups excluding tert-OH is 6. The molecule has 247 valence electrons. The van der Waals surface area contributed by atoms with Gasteiger partial charge in [0.2, 0.25) is 0 Å². The molecule has 2 saturated heterocycles. The zero-order valence-electron chi connectivity index (χ0n) is 25.8. The maximum Gasteiger partial charge on any atom is 0.187 e. The fourth-order valence-electron chi connectivity index (χ4n) is 8.77. The molecule has 44 heavy (non-hydrogen) atoms. The summed E-state index contributed by atoms with van der Waals surface area (Å²) in [5, 5.41) is 86.8. The third-order valence-corrected chi connectivity index (χ3v) is 11.4. The van der Waals surface area contributed by atoms with Gasteiger partial charge in [0, 0.05) is 68.2 Å². The number of Topliss-reactive ketones (excluding diaryl/α,β-unsaturated/α-hetero) is 1. The molecule has 2 saturated carbocycles. The van der Waals surface area contributed by atoms with Crippen molar-refractivity contribution in [2.24, 2.45) is 22.7 Å². The predicted octanol–water partition coefficient (Wildman–Crippen LogP) is -1.72. The zero-order chi connectivity index (χ0) is 32.0. The molecule has 14 atom stereocenters. The third-order valence-electron chi connectivity index (χ3n) is 11.4. The van der Waals surface area contributed by atoms with E-state index in [4.69, 9.17) is 18.9 Å². The normalized spacial score (nSPS) is 49.8. The van der Waals surface area contributed by atoms with Crippen LogP contribution in [0.2, 0.25) is 0 Å². The fourth-order valence-corrected chi connectivity index (χ4v) is 8.77.